The normalized spacial score (nSPS) is 15.5. The molecule has 6 nitrogen and oxygen atoms in total. The third-order valence-corrected chi connectivity index (χ3v) is 4.62. The maximum Gasteiger partial charge on any atom is 0.242 e. The number of hydrogen-bond acceptors (Lipinski definition) is 3. The fourth-order valence-electron chi connectivity index (χ4n) is 2.99. The molecule has 1 fully saturated rings. The van der Waals surface area contributed by atoms with E-state index in [0.29, 0.717) is 6.54 Å². The molecule has 1 aromatic carbocycles. The number of carbonyl (C=O) groups is 1. The molecule has 1 amide bonds. The molecule has 144 valence electrons. The zero-order valence-corrected chi connectivity index (χ0v) is 16.0. The molecule has 0 bridgehead atoms. The first-order valence-electron chi connectivity index (χ1n) is 9.57. The van der Waals surface area contributed by atoms with E-state index in [0.717, 1.165) is 63.0 Å². The van der Waals surface area contributed by atoms with Crippen LogP contribution in [0.2, 0.25) is 0 Å². The van der Waals surface area contributed by atoms with Gasteiger partial charge in [0.25, 0.3) is 0 Å². The molecule has 6 heteroatoms. The Morgan fingerprint density at radius 3 is 2.65 bits per heavy atom. The highest BCUT2D eigenvalue weighted by molar-refractivity contribution is 5.84. The minimum Gasteiger partial charge on any atom is -0.381 e. The van der Waals surface area contributed by atoms with Gasteiger partial charge in [-0.15, -0.1) is 0 Å². The van der Waals surface area contributed by atoms with Crippen molar-refractivity contribution in [3.05, 3.63) is 35.9 Å². The predicted molar refractivity (Wildman–Crippen MR) is 105 cm³/mol. The van der Waals surface area contributed by atoms with Crippen molar-refractivity contribution in [2.45, 2.75) is 32.7 Å². The molecule has 0 atom stereocenters. The first-order valence-corrected chi connectivity index (χ1v) is 9.57. The molecular formula is C20H32N4O2. The Morgan fingerprint density at radius 2 is 1.96 bits per heavy atom. The number of nitrogens with zero attached hydrogens (tertiary/aromatic N) is 2. The molecular weight excluding hydrogens is 328 g/mol. The van der Waals surface area contributed by atoms with Gasteiger partial charge in [-0.05, 0) is 37.7 Å². The number of carbonyl (C=O) groups excluding carboxylic acids is 1. The van der Waals surface area contributed by atoms with Gasteiger partial charge in [-0.1, -0.05) is 30.3 Å². The average molecular weight is 361 g/mol. The molecule has 1 aliphatic heterocycles. The monoisotopic (exact) mass is 360 g/mol. The van der Waals surface area contributed by atoms with E-state index in [4.69, 9.17) is 4.74 Å². The Morgan fingerprint density at radius 1 is 1.23 bits per heavy atom. The maximum absolute atomic E-state index is 12.1. The summed E-state index contributed by atoms with van der Waals surface area (Å²) in [5.41, 5.74) is 1.09. The van der Waals surface area contributed by atoms with Crippen molar-refractivity contribution in [1.82, 2.24) is 15.5 Å². The minimum atomic E-state index is -0.0675. The van der Waals surface area contributed by atoms with Gasteiger partial charge in [0, 0.05) is 39.9 Å². The molecule has 1 saturated heterocycles. The molecule has 0 aromatic heterocycles. The highest BCUT2D eigenvalue weighted by Gasteiger charge is 2.15. The summed E-state index contributed by atoms with van der Waals surface area (Å²) in [6.45, 7) is 6.18. The van der Waals surface area contributed by atoms with Crippen LogP contribution in [0.3, 0.4) is 0 Å². The SMILES string of the molecule is CCNC(=NCC(=O)NCc1ccccc1)N(C)CCC1CCOCC1. The molecule has 26 heavy (non-hydrogen) atoms. The topological polar surface area (TPSA) is 66.0 Å². The molecule has 1 aromatic rings. The summed E-state index contributed by atoms with van der Waals surface area (Å²) in [5.74, 6) is 1.44. The number of rotatable bonds is 8. The second-order valence-electron chi connectivity index (χ2n) is 6.70. The predicted octanol–water partition coefficient (Wildman–Crippen LogP) is 2.02. The minimum absolute atomic E-state index is 0.0675. The lowest BCUT2D eigenvalue weighted by molar-refractivity contribution is -0.119. The third kappa shape index (κ3) is 7.44. The Kier molecular flexibility index (Phi) is 8.96. The van der Waals surface area contributed by atoms with Crippen molar-refractivity contribution < 1.29 is 9.53 Å². The molecule has 0 unspecified atom stereocenters. The summed E-state index contributed by atoms with van der Waals surface area (Å²) >= 11 is 0. The van der Waals surface area contributed by atoms with Crippen LogP contribution in [0.1, 0.15) is 31.7 Å². The van der Waals surface area contributed by atoms with Crippen molar-refractivity contribution >= 4 is 11.9 Å². The van der Waals surface area contributed by atoms with Crippen molar-refractivity contribution in [1.29, 1.82) is 0 Å². The lowest BCUT2D eigenvalue weighted by Crippen LogP contribution is -2.41. The smallest absolute Gasteiger partial charge is 0.242 e. The van der Waals surface area contributed by atoms with Crippen LogP contribution in [0.4, 0.5) is 0 Å². The quantitative estimate of drug-likeness (QED) is 0.550. The van der Waals surface area contributed by atoms with Gasteiger partial charge in [0.05, 0.1) is 0 Å². The van der Waals surface area contributed by atoms with E-state index in [1.807, 2.05) is 44.3 Å². The molecule has 1 heterocycles. The molecule has 0 radical (unpaired) electrons. The molecule has 0 saturated carbocycles. The van der Waals surface area contributed by atoms with Crippen molar-refractivity contribution in [2.75, 3.05) is 39.9 Å². The summed E-state index contributed by atoms with van der Waals surface area (Å²) < 4.78 is 5.42. The fraction of sp³-hybridized carbons (Fsp3) is 0.600. The van der Waals surface area contributed by atoms with Crippen molar-refractivity contribution in [3.8, 4) is 0 Å². The summed E-state index contributed by atoms with van der Waals surface area (Å²) in [4.78, 5) is 18.7. The van der Waals surface area contributed by atoms with Gasteiger partial charge in [-0.3, -0.25) is 4.79 Å². The summed E-state index contributed by atoms with van der Waals surface area (Å²) in [5, 5.41) is 6.18. The van der Waals surface area contributed by atoms with E-state index in [9.17, 15) is 4.79 Å². The molecule has 2 rings (SSSR count). The second-order valence-corrected chi connectivity index (χ2v) is 6.70. The largest absolute Gasteiger partial charge is 0.381 e. The van der Waals surface area contributed by atoms with E-state index >= 15 is 0 Å². The van der Waals surface area contributed by atoms with Crippen LogP contribution >= 0.6 is 0 Å². The standard InChI is InChI=1S/C20H32N4O2/c1-3-21-20(24(2)12-9-17-10-13-26-14-11-17)23-16-19(25)22-15-18-7-5-4-6-8-18/h4-8,17H,3,9-16H2,1-2H3,(H,21,23)(H,22,25). The lowest BCUT2D eigenvalue weighted by Gasteiger charge is -2.26. The van der Waals surface area contributed by atoms with E-state index < -0.39 is 0 Å². The van der Waals surface area contributed by atoms with E-state index in [1.54, 1.807) is 0 Å². The fourth-order valence-corrected chi connectivity index (χ4v) is 2.99. The first-order chi connectivity index (χ1) is 12.7. The zero-order valence-electron chi connectivity index (χ0n) is 16.0. The number of aliphatic imine (C=N–C) groups is 1. The van der Waals surface area contributed by atoms with Crippen LogP contribution < -0.4 is 10.6 Å². The molecule has 1 aliphatic rings. The zero-order chi connectivity index (χ0) is 18.6. The van der Waals surface area contributed by atoms with Crippen molar-refractivity contribution in [2.24, 2.45) is 10.9 Å². The van der Waals surface area contributed by atoms with Crippen LogP contribution in [-0.4, -0.2) is 56.7 Å². The second kappa shape index (κ2) is 11.5. The van der Waals surface area contributed by atoms with Gasteiger partial charge in [-0.2, -0.15) is 0 Å². The van der Waals surface area contributed by atoms with Gasteiger partial charge in [0.1, 0.15) is 6.54 Å². The van der Waals surface area contributed by atoms with E-state index in [2.05, 4.69) is 20.5 Å². The Hall–Kier alpha value is -2.08. The van der Waals surface area contributed by atoms with Gasteiger partial charge in [0.2, 0.25) is 5.91 Å². The Bertz CT molecular complexity index is 556. The number of guanidine groups is 1. The molecule has 0 spiro atoms. The average Bonchev–Trinajstić information content (AvgIpc) is 2.69. The van der Waals surface area contributed by atoms with E-state index in [-0.39, 0.29) is 12.5 Å². The van der Waals surface area contributed by atoms with Gasteiger partial charge in [-0.25, -0.2) is 4.99 Å². The van der Waals surface area contributed by atoms with Crippen molar-refractivity contribution in [3.63, 3.8) is 0 Å². The summed E-state index contributed by atoms with van der Waals surface area (Å²) in [6.07, 6.45) is 3.41. The summed E-state index contributed by atoms with van der Waals surface area (Å²) in [7, 11) is 2.03. The maximum atomic E-state index is 12.1. The lowest BCUT2D eigenvalue weighted by atomic mass is 9.96. The number of benzene rings is 1. The number of hydrogen-bond donors (Lipinski definition) is 2. The van der Waals surface area contributed by atoms with Gasteiger partial charge in [0.15, 0.2) is 5.96 Å². The number of ether oxygens (including phenoxy) is 1. The molecule has 0 aliphatic carbocycles. The Balaban J connectivity index is 1.77. The first kappa shape index (κ1) is 20.2. The van der Waals surface area contributed by atoms with Crippen LogP contribution in [0, 0.1) is 5.92 Å². The van der Waals surface area contributed by atoms with Gasteiger partial charge < -0.3 is 20.3 Å². The Labute approximate surface area is 157 Å². The highest BCUT2D eigenvalue weighted by Crippen LogP contribution is 2.18. The molecule has 2 N–H and O–H groups in total. The summed E-state index contributed by atoms with van der Waals surface area (Å²) in [6, 6.07) is 9.90. The van der Waals surface area contributed by atoms with E-state index in [1.165, 1.54) is 0 Å². The highest BCUT2D eigenvalue weighted by atomic mass is 16.5. The van der Waals surface area contributed by atoms with Crippen LogP contribution in [-0.2, 0) is 16.1 Å². The number of amides is 1. The third-order valence-electron chi connectivity index (χ3n) is 4.62. The van der Waals surface area contributed by atoms with Crippen LogP contribution in [0.5, 0.6) is 0 Å². The van der Waals surface area contributed by atoms with Crippen LogP contribution in [0.25, 0.3) is 0 Å². The number of nitrogens with one attached hydrogen (secondary N) is 2. The van der Waals surface area contributed by atoms with Crippen LogP contribution in [0.15, 0.2) is 35.3 Å². The van der Waals surface area contributed by atoms with Gasteiger partial charge >= 0.3 is 0 Å².